The fourth-order valence-electron chi connectivity index (χ4n) is 4.26. The van der Waals surface area contributed by atoms with Crippen LogP contribution in [0.1, 0.15) is 29.5 Å². The van der Waals surface area contributed by atoms with Crippen LogP contribution in [-0.4, -0.2) is 53.9 Å². The fraction of sp³-hybridized carbons (Fsp3) is 0.333. The summed E-state index contributed by atoms with van der Waals surface area (Å²) in [5, 5.41) is 25.2. The molecule has 218 valence electrons. The molecular formula is C33H40N2O6. The molecule has 0 aliphatic heterocycles. The molecule has 8 heteroatoms. The Balaban J connectivity index is 1.45. The molecule has 0 radical (unpaired) electrons. The van der Waals surface area contributed by atoms with Gasteiger partial charge in [0, 0.05) is 6.42 Å². The number of benzene rings is 3. The number of hydrogen-bond donors (Lipinski definition) is 4. The number of allylic oxidation sites excluding steroid dienone is 1. The molecular weight excluding hydrogens is 520 g/mol. The lowest BCUT2D eigenvalue weighted by Crippen LogP contribution is -2.45. The molecule has 3 aromatic carbocycles. The molecule has 3 atom stereocenters. The summed E-state index contributed by atoms with van der Waals surface area (Å²) >= 11 is 0. The Morgan fingerprint density at radius 3 is 1.98 bits per heavy atom. The minimum atomic E-state index is -0.670. The van der Waals surface area contributed by atoms with Crippen molar-refractivity contribution in [3.05, 3.63) is 114 Å². The SMILES string of the molecule is C=CC[C@H](CC(=O)N[C@H](CO)Cc1ccc(OCc2ccccc2)cc1)C(=O)N[C@H](CO)COCc1ccccc1. The largest absolute Gasteiger partial charge is 0.489 e. The van der Waals surface area contributed by atoms with E-state index in [0.717, 1.165) is 22.4 Å². The highest BCUT2D eigenvalue weighted by Crippen LogP contribution is 2.16. The number of rotatable bonds is 18. The Bertz CT molecular complexity index is 1190. The van der Waals surface area contributed by atoms with Gasteiger partial charge in [0.15, 0.2) is 0 Å². The second-order valence-corrected chi connectivity index (χ2v) is 9.88. The third-order valence-corrected chi connectivity index (χ3v) is 6.49. The van der Waals surface area contributed by atoms with Crippen molar-refractivity contribution in [2.75, 3.05) is 19.8 Å². The zero-order valence-corrected chi connectivity index (χ0v) is 23.3. The molecule has 0 aliphatic rings. The summed E-state index contributed by atoms with van der Waals surface area (Å²) in [7, 11) is 0. The van der Waals surface area contributed by atoms with Crippen LogP contribution in [0.25, 0.3) is 0 Å². The monoisotopic (exact) mass is 560 g/mol. The topological polar surface area (TPSA) is 117 Å². The summed E-state index contributed by atoms with van der Waals surface area (Å²) in [5.41, 5.74) is 2.99. The molecule has 41 heavy (non-hydrogen) atoms. The number of amides is 2. The van der Waals surface area contributed by atoms with Gasteiger partial charge in [0.1, 0.15) is 12.4 Å². The van der Waals surface area contributed by atoms with Crippen LogP contribution >= 0.6 is 0 Å². The molecule has 0 saturated heterocycles. The van der Waals surface area contributed by atoms with Gasteiger partial charge in [-0.15, -0.1) is 6.58 Å². The van der Waals surface area contributed by atoms with Gasteiger partial charge in [0.05, 0.1) is 44.4 Å². The maximum Gasteiger partial charge on any atom is 0.224 e. The Kier molecular flexibility index (Phi) is 13.6. The zero-order chi connectivity index (χ0) is 29.3. The molecule has 0 aromatic heterocycles. The van der Waals surface area contributed by atoms with Gasteiger partial charge in [-0.3, -0.25) is 9.59 Å². The molecule has 0 bridgehead atoms. The van der Waals surface area contributed by atoms with Crippen molar-refractivity contribution >= 4 is 11.8 Å². The average Bonchev–Trinajstić information content (AvgIpc) is 3.00. The summed E-state index contributed by atoms with van der Waals surface area (Å²) in [6.07, 6.45) is 2.22. The van der Waals surface area contributed by atoms with E-state index in [9.17, 15) is 19.8 Å². The van der Waals surface area contributed by atoms with Crippen LogP contribution in [0, 0.1) is 5.92 Å². The zero-order valence-electron chi connectivity index (χ0n) is 23.3. The first kappa shape index (κ1) is 31.5. The minimum Gasteiger partial charge on any atom is -0.489 e. The first-order valence-electron chi connectivity index (χ1n) is 13.8. The van der Waals surface area contributed by atoms with Crippen LogP contribution in [0.2, 0.25) is 0 Å². The maximum atomic E-state index is 12.9. The molecule has 0 unspecified atom stereocenters. The van der Waals surface area contributed by atoms with E-state index >= 15 is 0 Å². The Morgan fingerprint density at radius 2 is 1.39 bits per heavy atom. The minimum absolute atomic E-state index is 0.0797. The van der Waals surface area contributed by atoms with Crippen LogP contribution in [0.5, 0.6) is 5.75 Å². The van der Waals surface area contributed by atoms with E-state index in [0.29, 0.717) is 19.6 Å². The second kappa shape index (κ2) is 17.7. The third-order valence-electron chi connectivity index (χ3n) is 6.49. The molecule has 0 fully saturated rings. The third kappa shape index (κ3) is 11.6. The highest BCUT2D eigenvalue weighted by atomic mass is 16.5. The first-order valence-corrected chi connectivity index (χ1v) is 13.8. The molecule has 4 N–H and O–H groups in total. The number of ether oxygens (including phenoxy) is 2. The van der Waals surface area contributed by atoms with Gasteiger partial charge in [-0.25, -0.2) is 0 Å². The normalized spacial score (nSPS) is 13.0. The summed E-state index contributed by atoms with van der Waals surface area (Å²) in [5.74, 6) is -0.660. The Labute approximate surface area is 242 Å². The summed E-state index contributed by atoms with van der Waals surface area (Å²) in [4.78, 5) is 25.7. The number of hydrogen-bond acceptors (Lipinski definition) is 6. The second-order valence-electron chi connectivity index (χ2n) is 9.88. The first-order chi connectivity index (χ1) is 20.0. The summed E-state index contributed by atoms with van der Waals surface area (Å²) < 4.78 is 11.5. The quantitative estimate of drug-likeness (QED) is 0.177. The van der Waals surface area contributed by atoms with Crippen molar-refractivity contribution < 1.29 is 29.3 Å². The van der Waals surface area contributed by atoms with Gasteiger partial charge < -0.3 is 30.3 Å². The van der Waals surface area contributed by atoms with Gasteiger partial charge in [-0.05, 0) is 41.7 Å². The molecule has 3 aromatic rings. The Morgan fingerprint density at radius 1 is 0.780 bits per heavy atom. The predicted octanol–water partition coefficient (Wildman–Crippen LogP) is 3.56. The molecule has 2 amide bonds. The van der Waals surface area contributed by atoms with E-state index in [1.54, 1.807) is 6.08 Å². The van der Waals surface area contributed by atoms with Gasteiger partial charge in [0.25, 0.3) is 0 Å². The van der Waals surface area contributed by atoms with Gasteiger partial charge in [0.2, 0.25) is 11.8 Å². The van der Waals surface area contributed by atoms with E-state index in [1.165, 1.54) is 0 Å². The highest BCUT2D eigenvalue weighted by Gasteiger charge is 2.24. The highest BCUT2D eigenvalue weighted by molar-refractivity contribution is 5.86. The van der Waals surface area contributed by atoms with E-state index < -0.39 is 18.0 Å². The molecule has 0 spiro atoms. The molecule has 0 saturated carbocycles. The Hall–Kier alpha value is -3.98. The van der Waals surface area contributed by atoms with Crippen molar-refractivity contribution in [1.29, 1.82) is 0 Å². The smallest absolute Gasteiger partial charge is 0.224 e. The van der Waals surface area contributed by atoms with Crippen LogP contribution < -0.4 is 15.4 Å². The van der Waals surface area contributed by atoms with Crippen LogP contribution in [0.3, 0.4) is 0 Å². The van der Waals surface area contributed by atoms with Crippen molar-refractivity contribution in [2.45, 2.75) is 44.6 Å². The standard InChI is InChI=1S/C33H40N2O6/c1-2-9-28(33(39)35-30(21-37)24-40-22-26-10-5-3-6-11-26)19-32(38)34-29(20-36)18-25-14-16-31(17-15-25)41-23-27-12-7-4-8-13-27/h2-8,10-17,28-30,36-37H,1,9,18-24H2,(H,34,38)(H,35,39)/t28-,29+,30-/m1/s1. The van der Waals surface area contributed by atoms with Crippen molar-refractivity contribution in [2.24, 2.45) is 5.92 Å². The number of carbonyl (C=O) groups is 2. The van der Waals surface area contributed by atoms with Crippen LogP contribution in [0.4, 0.5) is 0 Å². The lowest BCUT2D eigenvalue weighted by atomic mass is 9.98. The van der Waals surface area contributed by atoms with E-state index in [-0.39, 0.29) is 44.5 Å². The van der Waals surface area contributed by atoms with E-state index in [1.807, 2.05) is 84.9 Å². The van der Waals surface area contributed by atoms with Crippen molar-refractivity contribution in [3.8, 4) is 5.75 Å². The average molecular weight is 561 g/mol. The van der Waals surface area contributed by atoms with E-state index in [4.69, 9.17) is 9.47 Å². The van der Waals surface area contributed by atoms with Crippen LogP contribution in [-0.2, 0) is 34.0 Å². The molecule has 0 aliphatic carbocycles. The number of nitrogens with one attached hydrogen (secondary N) is 2. The van der Waals surface area contributed by atoms with Gasteiger partial charge >= 0.3 is 0 Å². The number of aliphatic hydroxyl groups is 2. The summed E-state index contributed by atoms with van der Waals surface area (Å²) in [6, 6.07) is 25.9. The lowest BCUT2D eigenvalue weighted by molar-refractivity contribution is -0.131. The summed E-state index contributed by atoms with van der Waals surface area (Å²) in [6.45, 7) is 4.12. The van der Waals surface area contributed by atoms with Crippen LogP contribution in [0.15, 0.2) is 97.6 Å². The molecule has 3 rings (SSSR count). The molecule has 0 heterocycles. The number of carbonyl (C=O) groups excluding carboxylic acids is 2. The van der Waals surface area contributed by atoms with Crippen molar-refractivity contribution in [1.82, 2.24) is 10.6 Å². The predicted molar refractivity (Wildman–Crippen MR) is 158 cm³/mol. The number of aliphatic hydroxyl groups excluding tert-OH is 2. The van der Waals surface area contributed by atoms with Gasteiger partial charge in [-0.2, -0.15) is 0 Å². The van der Waals surface area contributed by atoms with Crippen molar-refractivity contribution in [3.63, 3.8) is 0 Å². The molecule has 8 nitrogen and oxygen atoms in total. The van der Waals surface area contributed by atoms with E-state index in [2.05, 4.69) is 17.2 Å². The lowest BCUT2D eigenvalue weighted by Gasteiger charge is -2.22. The fourth-order valence-corrected chi connectivity index (χ4v) is 4.26. The maximum absolute atomic E-state index is 12.9. The van der Waals surface area contributed by atoms with Gasteiger partial charge in [-0.1, -0.05) is 78.9 Å².